The number of benzene rings is 1. The van der Waals surface area contributed by atoms with E-state index in [4.69, 9.17) is 11.6 Å². The van der Waals surface area contributed by atoms with Crippen LogP contribution in [0.2, 0.25) is 0 Å². The highest BCUT2D eigenvalue weighted by Crippen LogP contribution is 2.19. The first kappa shape index (κ1) is 14.5. The molecular formula is C12H18ClNO2S. The van der Waals surface area contributed by atoms with Gasteiger partial charge in [0.15, 0.2) is 0 Å². The number of sulfonamides is 1. The second-order valence-electron chi connectivity index (χ2n) is 4.08. The maximum Gasteiger partial charge on any atom is 0.243 e. The summed E-state index contributed by atoms with van der Waals surface area (Å²) in [4.78, 5) is 0.311. The molecule has 0 bridgehead atoms. The van der Waals surface area contributed by atoms with Gasteiger partial charge in [-0.1, -0.05) is 19.1 Å². The van der Waals surface area contributed by atoms with Gasteiger partial charge in [-0.15, -0.1) is 11.6 Å². The number of hydrogen-bond donors (Lipinski definition) is 0. The van der Waals surface area contributed by atoms with Gasteiger partial charge in [-0.25, -0.2) is 8.42 Å². The molecule has 0 saturated carbocycles. The quantitative estimate of drug-likeness (QED) is 0.775. The van der Waals surface area contributed by atoms with Gasteiger partial charge in [0.25, 0.3) is 0 Å². The number of nitrogens with zero attached hydrogens (tertiary/aromatic N) is 1. The largest absolute Gasteiger partial charge is 0.243 e. The second kappa shape index (κ2) is 5.85. The van der Waals surface area contributed by atoms with E-state index >= 15 is 0 Å². The van der Waals surface area contributed by atoms with Crippen molar-refractivity contribution >= 4 is 21.6 Å². The summed E-state index contributed by atoms with van der Waals surface area (Å²) < 4.78 is 26.2. The van der Waals surface area contributed by atoms with Crippen LogP contribution in [0.15, 0.2) is 29.2 Å². The summed E-state index contributed by atoms with van der Waals surface area (Å²) in [6.45, 7) is 6.03. The topological polar surface area (TPSA) is 37.4 Å². The van der Waals surface area contributed by atoms with Gasteiger partial charge in [-0.2, -0.15) is 4.31 Å². The molecule has 0 radical (unpaired) electrons. The fourth-order valence-corrected chi connectivity index (χ4v) is 3.62. The van der Waals surface area contributed by atoms with E-state index in [0.717, 1.165) is 5.56 Å². The van der Waals surface area contributed by atoms with Crippen LogP contribution >= 0.6 is 11.6 Å². The third kappa shape index (κ3) is 3.21. The molecule has 0 fully saturated rings. The fraction of sp³-hybridized carbons (Fsp3) is 0.500. The highest BCUT2D eigenvalue weighted by atomic mass is 35.5. The van der Waals surface area contributed by atoms with Gasteiger partial charge in [0.1, 0.15) is 0 Å². The van der Waals surface area contributed by atoms with E-state index < -0.39 is 10.0 Å². The highest BCUT2D eigenvalue weighted by molar-refractivity contribution is 7.89. The average Bonchev–Trinajstić information content (AvgIpc) is 2.29. The molecule has 0 aliphatic rings. The predicted molar refractivity (Wildman–Crippen MR) is 70.7 cm³/mol. The van der Waals surface area contributed by atoms with Gasteiger partial charge in [-0.05, 0) is 31.5 Å². The Morgan fingerprint density at radius 2 is 2.00 bits per heavy atom. The minimum Gasteiger partial charge on any atom is -0.207 e. The predicted octanol–water partition coefficient (Wildman–Crippen LogP) is 2.84. The van der Waals surface area contributed by atoms with Gasteiger partial charge in [0.2, 0.25) is 10.0 Å². The highest BCUT2D eigenvalue weighted by Gasteiger charge is 2.25. The Balaban J connectivity index is 3.20. The molecule has 0 saturated heterocycles. The summed E-state index contributed by atoms with van der Waals surface area (Å²) in [5.41, 5.74) is 0.813. The van der Waals surface area contributed by atoms with Crippen LogP contribution in [0.3, 0.4) is 0 Å². The summed E-state index contributed by atoms with van der Waals surface area (Å²) in [6, 6.07) is 6.73. The molecule has 1 rings (SSSR count). The second-order valence-corrected chi connectivity index (χ2v) is 6.24. The molecule has 17 heavy (non-hydrogen) atoms. The Labute approximate surface area is 108 Å². The van der Waals surface area contributed by atoms with Crippen LogP contribution in [0.4, 0.5) is 0 Å². The van der Waals surface area contributed by atoms with Gasteiger partial charge in [0.05, 0.1) is 4.90 Å². The van der Waals surface area contributed by atoms with Crippen LogP contribution in [0.5, 0.6) is 0 Å². The van der Waals surface area contributed by atoms with Crippen LogP contribution in [0.1, 0.15) is 26.3 Å². The van der Waals surface area contributed by atoms with Crippen molar-refractivity contribution in [2.45, 2.75) is 37.6 Å². The molecule has 0 aromatic heterocycles. The molecule has 1 aromatic rings. The molecule has 0 unspecified atom stereocenters. The van der Waals surface area contributed by atoms with Crippen LogP contribution in [-0.4, -0.2) is 25.3 Å². The van der Waals surface area contributed by atoms with Gasteiger partial charge >= 0.3 is 0 Å². The Bertz CT molecular complexity index is 471. The Kier molecular flexibility index (Phi) is 4.98. The maximum atomic E-state index is 12.4. The lowest BCUT2D eigenvalue weighted by Crippen LogP contribution is -2.36. The molecule has 0 aliphatic carbocycles. The van der Waals surface area contributed by atoms with E-state index in [1.807, 2.05) is 26.8 Å². The fourth-order valence-electron chi connectivity index (χ4n) is 1.74. The molecule has 0 aliphatic heterocycles. The summed E-state index contributed by atoms with van der Waals surface area (Å²) in [5, 5.41) is 0. The molecule has 5 heteroatoms. The third-order valence-electron chi connectivity index (χ3n) is 2.55. The lowest BCUT2D eigenvalue weighted by molar-refractivity contribution is 0.369. The summed E-state index contributed by atoms with van der Waals surface area (Å²) in [5.74, 6) is 0.317. The first-order valence-electron chi connectivity index (χ1n) is 5.60. The molecule has 0 N–H and O–H groups in total. The number of halogens is 1. The van der Waals surface area contributed by atoms with Crippen LogP contribution < -0.4 is 0 Å². The first-order valence-corrected chi connectivity index (χ1v) is 7.57. The van der Waals surface area contributed by atoms with Gasteiger partial charge in [0, 0.05) is 18.5 Å². The average molecular weight is 276 g/mol. The Hall–Kier alpha value is -0.580. The minimum atomic E-state index is -3.41. The lowest BCUT2D eigenvalue weighted by atomic mass is 10.2. The zero-order valence-electron chi connectivity index (χ0n) is 10.4. The minimum absolute atomic E-state index is 0.0512. The van der Waals surface area contributed by atoms with Crippen molar-refractivity contribution in [2.24, 2.45) is 0 Å². The maximum absolute atomic E-state index is 12.4. The SMILES string of the molecule is CCN(C(C)C)S(=O)(=O)c1cccc(CCl)c1. The zero-order chi connectivity index (χ0) is 13.1. The van der Waals surface area contributed by atoms with Crippen molar-refractivity contribution < 1.29 is 8.42 Å². The molecule has 3 nitrogen and oxygen atoms in total. The molecule has 0 amide bonds. The van der Waals surface area contributed by atoms with Crippen molar-refractivity contribution in [2.75, 3.05) is 6.54 Å². The first-order chi connectivity index (χ1) is 7.93. The summed E-state index contributed by atoms with van der Waals surface area (Å²) in [6.07, 6.45) is 0. The molecule has 96 valence electrons. The van der Waals surface area contributed by atoms with Gasteiger partial charge in [-0.3, -0.25) is 0 Å². The van der Waals surface area contributed by atoms with Crippen molar-refractivity contribution in [1.82, 2.24) is 4.31 Å². The normalized spacial score (nSPS) is 12.4. The van der Waals surface area contributed by atoms with E-state index in [2.05, 4.69) is 0 Å². The molecular weight excluding hydrogens is 258 g/mol. The van der Waals surface area contributed by atoms with Crippen LogP contribution in [-0.2, 0) is 15.9 Å². The third-order valence-corrected chi connectivity index (χ3v) is 5.00. The van der Waals surface area contributed by atoms with E-state index in [1.54, 1.807) is 18.2 Å². The Morgan fingerprint density at radius 1 is 1.35 bits per heavy atom. The lowest BCUT2D eigenvalue weighted by Gasteiger charge is -2.24. The van der Waals surface area contributed by atoms with Crippen LogP contribution in [0.25, 0.3) is 0 Å². The number of rotatable bonds is 5. The number of hydrogen-bond acceptors (Lipinski definition) is 2. The van der Waals surface area contributed by atoms with E-state index in [0.29, 0.717) is 17.3 Å². The number of alkyl halides is 1. The molecule has 0 spiro atoms. The summed E-state index contributed by atoms with van der Waals surface area (Å²) >= 11 is 5.72. The molecule has 0 atom stereocenters. The Morgan fingerprint density at radius 3 is 2.47 bits per heavy atom. The smallest absolute Gasteiger partial charge is 0.207 e. The van der Waals surface area contributed by atoms with E-state index in [-0.39, 0.29) is 6.04 Å². The van der Waals surface area contributed by atoms with E-state index in [9.17, 15) is 8.42 Å². The van der Waals surface area contributed by atoms with Gasteiger partial charge < -0.3 is 0 Å². The van der Waals surface area contributed by atoms with Crippen molar-refractivity contribution in [1.29, 1.82) is 0 Å². The zero-order valence-corrected chi connectivity index (χ0v) is 11.9. The van der Waals surface area contributed by atoms with E-state index in [1.165, 1.54) is 4.31 Å². The van der Waals surface area contributed by atoms with Crippen molar-refractivity contribution in [3.05, 3.63) is 29.8 Å². The van der Waals surface area contributed by atoms with Crippen molar-refractivity contribution in [3.8, 4) is 0 Å². The molecule has 1 aromatic carbocycles. The van der Waals surface area contributed by atoms with Crippen molar-refractivity contribution in [3.63, 3.8) is 0 Å². The monoisotopic (exact) mass is 275 g/mol. The van der Waals surface area contributed by atoms with Crippen LogP contribution in [0, 0.1) is 0 Å². The molecule has 0 heterocycles. The summed E-state index contributed by atoms with van der Waals surface area (Å²) in [7, 11) is -3.41. The standard InChI is InChI=1S/C12H18ClNO2S/c1-4-14(10(2)3)17(15,16)12-7-5-6-11(8-12)9-13/h5-8,10H,4,9H2,1-3H3.